The number of aromatic nitrogens is 1. The maximum absolute atomic E-state index is 2.43. The van der Waals surface area contributed by atoms with Gasteiger partial charge >= 0.3 is 0 Å². The highest BCUT2D eigenvalue weighted by molar-refractivity contribution is 7.27. The first-order valence-corrected chi connectivity index (χ1v) is 14.7. The lowest BCUT2D eigenvalue weighted by atomic mass is 10.0. The van der Waals surface area contributed by atoms with Crippen LogP contribution in [0.25, 0.3) is 48.0 Å². The third-order valence-corrected chi connectivity index (χ3v) is 9.02. The minimum Gasteiger partial charge on any atom is -0.310 e. The molecule has 0 N–H and O–H groups in total. The molecule has 8 aromatic rings. The summed E-state index contributed by atoms with van der Waals surface area (Å²) in [6, 6.07) is 56.3. The van der Waals surface area contributed by atoms with Crippen LogP contribution in [0.2, 0.25) is 0 Å². The Hall–Kier alpha value is -5.12. The Morgan fingerprint density at radius 1 is 0.463 bits per heavy atom. The van der Waals surface area contributed by atoms with Gasteiger partial charge in [-0.3, -0.25) is 0 Å². The highest BCUT2D eigenvalue weighted by Crippen LogP contribution is 2.46. The van der Waals surface area contributed by atoms with Gasteiger partial charge in [0, 0.05) is 38.2 Å². The fraction of sp³-hybridized carbons (Fsp3) is 0. The molecule has 0 bridgehead atoms. The molecule has 2 nitrogen and oxygen atoms in total. The van der Waals surface area contributed by atoms with Crippen molar-refractivity contribution in [3.05, 3.63) is 158 Å². The summed E-state index contributed by atoms with van der Waals surface area (Å²) in [7, 11) is 0. The van der Waals surface area contributed by atoms with Gasteiger partial charge in [0.1, 0.15) is 0 Å². The summed E-state index contributed by atoms with van der Waals surface area (Å²) in [5.74, 6) is 0. The number of rotatable bonds is 5. The average Bonchev–Trinajstić information content (AvgIpc) is 3.58. The van der Waals surface area contributed by atoms with Crippen LogP contribution in [0.15, 0.2) is 158 Å². The van der Waals surface area contributed by atoms with Crippen LogP contribution < -0.4 is 4.90 Å². The van der Waals surface area contributed by atoms with Crippen LogP contribution in [0.1, 0.15) is 0 Å². The number of para-hydroxylation sites is 4. The van der Waals surface area contributed by atoms with Crippen molar-refractivity contribution in [1.29, 1.82) is 0 Å². The molecule has 0 saturated carbocycles. The van der Waals surface area contributed by atoms with E-state index in [1.807, 2.05) is 11.3 Å². The van der Waals surface area contributed by atoms with Gasteiger partial charge in [-0.15, -0.1) is 11.3 Å². The van der Waals surface area contributed by atoms with Crippen molar-refractivity contribution in [2.75, 3.05) is 4.90 Å². The van der Waals surface area contributed by atoms with Crippen molar-refractivity contribution in [1.82, 2.24) is 4.57 Å². The van der Waals surface area contributed by atoms with E-state index in [9.17, 15) is 0 Å². The molecule has 0 radical (unpaired) electrons. The van der Waals surface area contributed by atoms with Crippen molar-refractivity contribution in [2.45, 2.75) is 0 Å². The quantitative estimate of drug-likeness (QED) is 0.210. The van der Waals surface area contributed by atoms with Gasteiger partial charge < -0.3 is 9.47 Å². The van der Waals surface area contributed by atoms with E-state index in [0.29, 0.717) is 0 Å². The largest absolute Gasteiger partial charge is 0.310 e. The zero-order chi connectivity index (χ0) is 27.2. The number of hydrogen-bond acceptors (Lipinski definition) is 2. The zero-order valence-electron chi connectivity index (χ0n) is 22.3. The lowest BCUT2D eigenvalue weighted by Crippen LogP contribution is -2.09. The molecule has 8 rings (SSSR count). The fourth-order valence-corrected chi connectivity index (χ4v) is 7.33. The normalized spacial score (nSPS) is 11.4. The summed E-state index contributed by atoms with van der Waals surface area (Å²) in [6.45, 7) is 0. The monoisotopic (exact) mass is 542 g/mol. The van der Waals surface area contributed by atoms with Gasteiger partial charge in [-0.2, -0.15) is 0 Å². The predicted molar refractivity (Wildman–Crippen MR) is 176 cm³/mol. The molecule has 0 amide bonds. The standard InChI is InChI=1S/C38H26N2S/c1-4-15-28(16-5-1)39(29-17-6-2-7-18-29)31-21-12-14-27(26-31)32-23-13-24-34-36-38(41-37(32)34)33-22-10-11-25-35(33)40(36)30-19-8-3-9-20-30/h1-26H. The number of benzene rings is 6. The topological polar surface area (TPSA) is 8.17 Å². The second-order valence-electron chi connectivity index (χ2n) is 10.2. The molecule has 6 aromatic carbocycles. The van der Waals surface area contributed by atoms with Crippen molar-refractivity contribution in [2.24, 2.45) is 0 Å². The Morgan fingerprint density at radius 2 is 1.05 bits per heavy atom. The van der Waals surface area contributed by atoms with Crippen LogP contribution in [-0.2, 0) is 0 Å². The van der Waals surface area contributed by atoms with E-state index in [1.165, 1.54) is 48.0 Å². The molecule has 3 heteroatoms. The lowest BCUT2D eigenvalue weighted by Gasteiger charge is -2.26. The summed E-state index contributed by atoms with van der Waals surface area (Å²) in [6.07, 6.45) is 0. The SMILES string of the molecule is c1ccc(N(c2ccccc2)c2cccc(-c3cccc4c3sc3c5ccccc5n(-c5ccccc5)c43)c2)cc1. The number of nitrogens with zero attached hydrogens (tertiary/aromatic N) is 2. The third-order valence-electron chi connectivity index (χ3n) is 7.76. The highest BCUT2D eigenvalue weighted by atomic mass is 32.1. The minimum atomic E-state index is 1.14. The Balaban J connectivity index is 1.35. The third kappa shape index (κ3) is 3.94. The molecule has 2 aromatic heterocycles. The van der Waals surface area contributed by atoms with Crippen LogP contribution >= 0.6 is 11.3 Å². The summed E-state index contributed by atoms with van der Waals surface area (Å²) >= 11 is 1.90. The van der Waals surface area contributed by atoms with Crippen LogP contribution in [0.4, 0.5) is 17.1 Å². The zero-order valence-corrected chi connectivity index (χ0v) is 23.1. The first kappa shape index (κ1) is 23.7. The first-order chi connectivity index (χ1) is 20.4. The molecule has 0 unspecified atom stereocenters. The number of thiophene rings is 1. The average molecular weight is 543 g/mol. The van der Waals surface area contributed by atoms with E-state index in [-0.39, 0.29) is 0 Å². The van der Waals surface area contributed by atoms with Crippen molar-refractivity contribution >= 4 is 59.6 Å². The molecule has 0 aliphatic carbocycles. The van der Waals surface area contributed by atoms with Crippen LogP contribution in [0.5, 0.6) is 0 Å². The number of hydrogen-bond donors (Lipinski definition) is 0. The molecule has 0 aliphatic rings. The lowest BCUT2D eigenvalue weighted by molar-refractivity contribution is 1.19. The summed E-state index contributed by atoms with van der Waals surface area (Å²) in [5.41, 5.74) is 9.60. The molecular formula is C38H26N2S. The van der Waals surface area contributed by atoms with E-state index in [0.717, 1.165) is 17.1 Å². The summed E-state index contributed by atoms with van der Waals surface area (Å²) in [5, 5.41) is 2.59. The maximum Gasteiger partial charge on any atom is 0.0727 e. The number of anilines is 3. The first-order valence-electron chi connectivity index (χ1n) is 13.9. The van der Waals surface area contributed by atoms with Gasteiger partial charge in [-0.05, 0) is 65.7 Å². The molecule has 2 heterocycles. The molecule has 0 aliphatic heterocycles. The van der Waals surface area contributed by atoms with Gasteiger partial charge in [0.2, 0.25) is 0 Å². The Bertz CT molecular complexity index is 2100. The minimum absolute atomic E-state index is 1.14. The second kappa shape index (κ2) is 9.81. The molecule has 0 atom stereocenters. The Labute approximate surface area is 243 Å². The number of fused-ring (bicyclic) bond motifs is 5. The van der Waals surface area contributed by atoms with Crippen LogP contribution in [-0.4, -0.2) is 4.57 Å². The van der Waals surface area contributed by atoms with E-state index in [4.69, 9.17) is 0 Å². The fourth-order valence-electron chi connectivity index (χ4n) is 5.98. The van der Waals surface area contributed by atoms with Crippen LogP contribution in [0.3, 0.4) is 0 Å². The molecule has 41 heavy (non-hydrogen) atoms. The molecule has 0 spiro atoms. The van der Waals surface area contributed by atoms with Gasteiger partial charge in [0.15, 0.2) is 0 Å². The Morgan fingerprint density at radius 3 is 1.78 bits per heavy atom. The summed E-state index contributed by atoms with van der Waals surface area (Å²) < 4.78 is 5.07. The van der Waals surface area contributed by atoms with E-state index in [1.54, 1.807) is 0 Å². The van der Waals surface area contributed by atoms with E-state index in [2.05, 4.69) is 167 Å². The van der Waals surface area contributed by atoms with Gasteiger partial charge in [-0.25, -0.2) is 0 Å². The maximum atomic E-state index is 2.43. The molecule has 0 saturated heterocycles. The van der Waals surface area contributed by atoms with Crippen molar-refractivity contribution in [3.8, 4) is 16.8 Å². The van der Waals surface area contributed by atoms with E-state index < -0.39 is 0 Å². The van der Waals surface area contributed by atoms with Gasteiger partial charge in [-0.1, -0.05) is 103 Å². The highest BCUT2D eigenvalue weighted by Gasteiger charge is 2.20. The Kier molecular flexibility index (Phi) is 5.68. The second-order valence-corrected chi connectivity index (χ2v) is 11.2. The van der Waals surface area contributed by atoms with Gasteiger partial charge in [0.25, 0.3) is 0 Å². The molecule has 194 valence electrons. The molecule has 0 fully saturated rings. The van der Waals surface area contributed by atoms with Gasteiger partial charge in [0.05, 0.1) is 15.7 Å². The van der Waals surface area contributed by atoms with E-state index >= 15 is 0 Å². The predicted octanol–water partition coefficient (Wildman–Crippen LogP) is 11.1. The van der Waals surface area contributed by atoms with Crippen molar-refractivity contribution in [3.63, 3.8) is 0 Å². The molecular weight excluding hydrogens is 516 g/mol. The van der Waals surface area contributed by atoms with Crippen LogP contribution in [0, 0.1) is 0 Å². The van der Waals surface area contributed by atoms with Crippen molar-refractivity contribution < 1.29 is 0 Å². The summed E-state index contributed by atoms with van der Waals surface area (Å²) in [4.78, 5) is 2.32. The smallest absolute Gasteiger partial charge is 0.0727 e.